The lowest BCUT2D eigenvalue weighted by atomic mass is 10.1. The van der Waals surface area contributed by atoms with Crippen LogP contribution in [-0.2, 0) is 14.0 Å². The number of likely N-dealkylation sites (N-methyl/N-ethyl adjacent to an activating group) is 1. The molecule has 0 N–H and O–H groups in total. The minimum Gasteiger partial charge on any atom is -0.444 e. The van der Waals surface area contributed by atoms with E-state index in [0.717, 1.165) is 11.3 Å². The van der Waals surface area contributed by atoms with Crippen LogP contribution in [0.4, 0.5) is 10.5 Å². The summed E-state index contributed by atoms with van der Waals surface area (Å²) in [6.45, 7) is 18.8. The smallest absolute Gasteiger partial charge is 0.411 e. The van der Waals surface area contributed by atoms with Crippen LogP contribution >= 0.6 is 0 Å². The lowest BCUT2D eigenvalue weighted by molar-refractivity contribution is -0.122. The molecule has 0 aliphatic carbocycles. The van der Waals surface area contributed by atoms with Crippen LogP contribution in [0.5, 0.6) is 0 Å². The Morgan fingerprint density at radius 2 is 1.74 bits per heavy atom. The van der Waals surface area contributed by atoms with Gasteiger partial charge in [-0.2, -0.15) is 0 Å². The molecule has 0 unspecified atom stereocenters. The Balaban J connectivity index is 2.29. The molecule has 1 aromatic rings. The maximum absolute atomic E-state index is 13.5. The Morgan fingerprint density at radius 3 is 2.26 bits per heavy atom. The molecule has 174 valence electrons. The number of carbonyl (C=O) groups is 2. The second-order valence-corrected chi connectivity index (χ2v) is 15.9. The minimum absolute atomic E-state index is 0.0458. The van der Waals surface area contributed by atoms with E-state index in [1.807, 2.05) is 52.0 Å². The third-order valence-corrected chi connectivity index (χ3v) is 10.7. The van der Waals surface area contributed by atoms with Gasteiger partial charge in [-0.25, -0.2) is 4.79 Å². The predicted octanol–water partition coefficient (Wildman–Crippen LogP) is 5.36. The molecule has 0 spiro atoms. The van der Waals surface area contributed by atoms with E-state index in [2.05, 4.69) is 33.9 Å². The number of hydrogen-bond acceptors (Lipinski definition) is 4. The Hall–Kier alpha value is -1.86. The quantitative estimate of drug-likeness (QED) is 0.582. The summed E-state index contributed by atoms with van der Waals surface area (Å²) in [5, 5.41) is 0.0458. The average molecular weight is 449 g/mol. The number of hydrogen-bond donors (Lipinski definition) is 0. The van der Waals surface area contributed by atoms with Crippen LogP contribution in [0.2, 0.25) is 18.1 Å². The van der Waals surface area contributed by atoms with Crippen molar-refractivity contribution in [3.8, 4) is 0 Å². The summed E-state index contributed by atoms with van der Waals surface area (Å²) in [5.74, 6) is -0.127. The summed E-state index contributed by atoms with van der Waals surface area (Å²) in [6.07, 6.45) is -0.182. The third kappa shape index (κ3) is 6.32. The van der Waals surface area contributed by atoms with E-state index < -0.39 is 26.1 Å². The van der Waals surface area contributed by atoms with Gasteiger partial charge in [0.2, 0.25) is 5.91 Å². The molecule has 2 amide bonds. The number of rotatable bonds is 4. The van der Waals surface area contributed by atoms with Gasteiger partial charge in [-0.15, -0.1) is 0 Å². The number of benzene rings is 1. The molecule has 1 heterocycles. The van der Waals surface area contributed by atoms with E-state index in [1.54, 1.807) is 16.8 Å². The first-order chi connectivity index (χ1) is 14.0. The van der Waals surface area contributed by atoms with Crippen LogP contribution in [0.15, 0.2) is 24.3 Å². The molecule has 31 heavy (non-hydrogen) atoms. The first-order valence-electron chi connectivity index (χ1n) is 11.0. The third-order valence-electron chi connectivity index (χ3n) is 6.16. The first-order valence-corrected chi connectivity index (χ1v) is 13.9. The summed E-state index contributed by atoms with van der Waals surface area (Å²) in [6, 6.07) is 7.18. The highest BCUT2D eigenvalue weighted by Crippen LogP contribution is 2.39. The van der Waals surface area contributed by atoms with Crippen molar-refractivity contribution in [3.63, 3.8) is 0 Å². The van der Waals surface area contributed by atoms with Gasteiger partial charge in [0.25, 0.3) is 0 Å². The number of carbonyl (C=O) groups excluding carboxylic acids is 2. The van der Waals surface area contributed by atoms with Crippen LogP contribution in [-0.4, -0.2) is 56.6 Å². The molecule has 2 atom stereocenters. The monoisotopic (exact) mass is 448 g/mol. The van der Waals surface area contributed by atoms with Gasteiger partial charge >= 0.3 is 6.09 Å². The van der Waals surface area contributed by atoms with Gasteiger partial charge < -0.3 is 14.1 Å². The van der Waals surface area contributed by atoms with Crippen LogP contribution < -0.4 is 4.90 Å². The van der Waals surface area contributed by atoms with E-state index >= 15 is 0 Å². The van der Waals surface area contributed by atoms with Gasteiger partial charge in [0, 0.05) is 25.7 Å². The lowest BCUT2D eigenvalue weighted by Crippen LogP contribution is -2.48. The van der Waals surface area contributed by atoms with E-state index in [0.29, 0.717) is 13.0 Å². The first kappa shape index (κ1) is 25.4. The van der Waals surface area contributed by atoms with Gasteiger partial charge in [0.05, 0.1) is 6.10 Å². The number of aryl methyl sites for hydroxylation is 1. The highest BCUT2D eigenvalue weighted by molar-refractivity contribution is 6.74. The molecule has 1 saturated heterocycles. The molecule has 0 bridgehead atoms. The Labute approximate surface area is 189 Å². The Morgan fingerprint density at radius 1 is 1.13 bits per heavy atom. The molecular formula is C24H40N2O4Si. The van der Waals surface area contributed by atoms with E-state index in [9.17, 15) is 9.59 Å². The molecule has 2 rings (SSSR count). The van der Waals surface area contributed by atoms with Crippen molar-refractivity contribution >= 4 is 26.0 Å². The van der Waals surface area contributed by atoms with Crippen molar-refractivity contribution in [3.05, 3.63) is 29.8 Å². The van der Waals surface area contributed by atoms with Crippen LogP contribution in [0.1, 0.15) is 53.5 Å². The van der Waals surface area contributed by atoms with Gasteiger partial charge in [0.1, 0.15) is 11.6 Å². The number of ether oxygens (including phenoxy) is 1. The SMILES string of the molecule is Cc1cccc(N(C)C(=O)[C@@H]2C[C@H](O[Si](C)(C)C(C)(C)C)CN2C(=O)OC(C)(C)C)c1. The molecule has 7 heteroatoms. The zero-order valence-corrected chi connectivity index (χ0v) is 21.9. The lowest BCUT2D eigenvalue weighted by Gasteiger charge is -2.38. The zero-order chi connectivity index (χ0) is 23.8. The normalized spacial score (nSPS) is 20.0. The van der Waals surface area contributed by atoms with Crippen molar-refractivity contribution in [1.29, 1.82) is 0 Å². The van der Waals surface area contributed by atoms with Gasteiger partial charge in [-0.1, -0.05) is 32.9 Å². The molecule has 1 aliphatic rings. The summed E-state index contributed by atoms with van der Waals surface area (Å²) in [5.41, 5.74) is 1.25. The fourth-order valence-corrected chi connectivity index (χ4v) is 4.78. The molecule has 0 aromatic heterocycles. The second kappa shape index (κ2) is 8.94. The Kier molecular flexibility index (Phi) is 7.33. The van der Waals surface area contributed by atoms with Crippen molar-refractivity contribution in [2.24, 2.45) is 0 Å². The predicted molar refractivity (Wildman–Crippen MR) is 128 cm³/mol. The molecule has 1 aromatic carbocycles. The number of anilines is 1. The van der Waals surface area contributed by atoms with Crippen LogP contribution in [0.25, 0.3) is 0 Å². The summed E-state index contributed by atoms with van der Waals surface area (Å²) in [7, 11) is -0.291. The van der Waals surface area contributed by atoms with Crippen LogP contribution in [0, 0.1) is 6.92 Å². The maximum atomic E-state index is 13.5. The summed E-state index contributed by atoms with van der Waals surface area (Å²) < 4.78 is 12.2. The maximum Gasteiger partial charge on any atom is 0.411 e. The second-order valence-electron chi connectivity index (χ2n) is 11.1. The summed E-state index contributed by atoms with van der Waals surface area (Å²) >= 11 is 0. The molecule has 1 fully saturated rings. The standard InChI is InChI=1S/C24H40N2O4Si/c1-17-12-11-13-18(14-17)25(8)21(27)20-15-19(30-31(9,10)24(5,6)7)16-26(20)22(28)29-23(2,3)4/h11-14,19-20H,15-16H2,1-10H3/t19-,20-/m0/s1. The number of nitrogens with zero attached hydrogens (tertiary/aromatic N) is 2. The van der Waals surface area contributed by atoms with Crippen molar-refractivity contribution in [1.82, 2.24) is 4.90 Å². The van der Waals surface area contributed by atoms with Crippen molar-refractivity contribution in [2.45, 2.75) is 90.8 Å². The topological polar surface area (TPSA) is 59.1 Å². The molecule has 0 radical (unpaired) electrons. The molecular weight excluding hydrogens is 408 g/mol. The fourth-order valence-electron chi connectivity index (χ4n) is 3.42. The van der Waals surface area contributed by atoms with E-state index in [4.69, 9.17) is 9.16 Å². The molecule has 6 nitrogen and oxygen atoms in total. The van der Waals surface area contributed by atoms with Crippen molar-refractivity contribution < 1.29 is 18.8 Å². The highest BCUT2D eigenvalue weighted by atomic mass is 28.4. The summed E-state index contributed by atoms with van der Waals surface area (Å²) in [4.78, 5) is 29.6. The molecule has 1 aliphatic heterocycles. The van der Waals surface area contributed by atoms with Gasteiger partial charge in [0.15, 0.2) is 8.32 Å². The fraction of sp³-hybridized carbons (Fsp3) is 0.667. The Bertz CT molecular complexity index is 811. The molecule has 0 saturated carbocycles. The van der Waals surface area contributed by atoms with Gasteiger partial charge in [-0.3, -0.25) is 9.69 Å². The van der Waals surface area contributed by atoms with Crippen molar-refractivity contribution in [2.75, 3.05) is 18.5 Å². The van der Waals surface area contributed by atoms with E-state index in [-0.39, 0.29) is 17.0 Å². The number of amides is 2. The average Bonchev–Trinajstić information content (AvgIpc) is 3.01. The van der Waals surface area contributed by atoms with Gasteiger partial charge in [-0.05, 0) is 63.5 Å². The highest BCUT2D eigenvalue weighted by Gasteiger charge is 2.47. The number of likely N-dealkylation sites (tertiary alicyclic amines) is 1. The van der Waals surface area contributed by atoms with Crippen LogP contribution in [0.3, 0.4) is 0 Å². The largest absolute Gasteiger partial charge is 0.444 e. The van der Waals surface area contributed by atoms with E-state index in [1.165, 1.54) is 0 Å². The zero-order valence-electron chi connectivity index (χ0n) is 20.9. The minimum atomic E-state index is -2.05.